The Labute approximate surface area is 190 Å². The number of esters is 1. The van der Waals surface area contributed by atoms with Crippen molar-refractivity contribution in [3.8, 4) is 0 Å². The van der Waals surface area contributed by atoms with Gasteiger partial charge < -0.3 is 9.64 Å². The number of carbonyl (C=O) groups excluding carboxylic acids is 2. The lowest BCUT2D eigenvalue weighted by Crippen LogP contribution is -2.34. The first-order valence-electron chi connectivity index (χ1n) is 11.8. The van der Waals surface area contributed by atoms with Crippen LogP contribution in [0, 0.1) is 0 Å². The first-order chi connectivity index (χ1) is 15.3. The summed E-state index contributed by atoms with van der Waals surface area (Å²) in [6.07, 6.45) is 9.81. The van der Waals surface area contributed by atoms with E-state index in [4.69, 9.17) is 4.74 Å². The van der Waals surface area contributed by atoms with E-state index in [0.717, 1.165) is 36.3 Å². The lowest BCUT2D eigenvalue weighted by Gasteiger charge is -2.19. The molecule has 0 unspecified atom stereocenters. The van der Waals surface area contributed by atoms with Gasteiger partial charge in [-0.1, -0.05) is 89.7 Å². The molecule has 0 bridgehead atoms. The Hall–Kier alpha value is -2.05. The third-order valence-corrected chi connectivity index (χ3v) is 5.44. The maximum atomic E-state index is 13.1. The Bertz CT molecular complexity index is 677. The molecule has 0 aliphatic heterocycles. The number of hydrogen-bond donors (Lipinski definition) is 0. The van der Waals surface area contributed by atoms with Crippen molar-refractivity contribution >= 4 is 11.9 Å². The molecular weight excluding hydrogens is 419 g/mol. The van der Waals surface area contributed by atoms with Gasteiger partial charge in [0.15, 0.2) is 0 Å². The fourth-order valence-electron chi connectivity index (χ4n) is 3.56. The Morgan fingerprint density at radius 3 is 1.88 bits per heavy atom. The number of benzene rings is 1. The van der Waals surface area contributed by atoms with E-state index < -0.39 is 29.2 Å². The molecule has 0 saturated carbocycles. The van der Waals surface area contributed by atoms with Crippen molar-refractivity contribution in [3.63, 3.8) is 0 Å². The van der Waals surface area contributed by atoms with E-state index in [1.807, 2.05) is 0 Å². The molecule has 0 aromatic heterocycles. The number of ether oxygens (including phenoxy) is 1. The second kappa shape index (κ2) is 15.7. The SMILES string of the molecule is CCCCCCCCCCCCCCOC(=O)CN(C)C(=O)c1ccccc1C(F)(F)F. The molecule has 4 nitrogen and oxygen atoms in total. The summed E-state index contributed by atoms with van der Waals surface area (Å²) in [5.74, 6) is -1.48. The smallest absolute Gasteiger partial charge is 0.417 e. The molecule has 7 heteroatoms. The molecule has 1 aromatic carbocycles. The van der Waals surface area contributed by atoms with Crippen molar-refractivity contribution in [1.29, 1.82) is 0 Å². The van der Waals surface area contributed by atoms with Gasteiger partial charge in [0.1, 0.15) is 6.54 Å². The number of rotatable bonds is 16. The Morgan fingerprint density at radius 2 is 1.34 bits per heavy atom. The van der Waals surface area contributed by atoms with Gasteiger partial charge in [0.2, 0.25) is 0 Å². The summed E-state index contributed by atoms with van der Waals surface area (Å²) >= 11 is 0. The van der Waals surface area contributed by atoms with Gasteiger partial charge in [0.25, 0.3) is 5.91 Å². The summed E-state index contributed by atoms with van der Waals surface area (Å²) in [6, 6.07) is 4.55. The topological polar surface area (TPSA) is 46.6 Å². The van der Waals surface area contributed by atoms with Crippen molar-refractivity contribution < 1.29 is 27.5 Å². The summed E-state index contributed by atoms with van der Waals surface area (Å²) in [7, 11) is 1.29. The summed E-state index contributed by atoms with van der Waals surface area (Å²) in [5.41, 5.74) is -1.49. The number of nitrogens with zero attached hydrogens (tertiary/aromatic N) is 1. The molecule has 0 aliphatic carbocycles. The highest BCUT2D eigenvalue weighted by Crippen LogP contribution is 2.32. The van der Waals surface area contributed by atoms with Gasteiger partial charge in [-0.3, -0.25) is 9.59 Å². The maximum absolute atomic E-state index is 13.1. The van der Waals surface area contributed by atoms with Crippen molar-refractivity contribution in [3.05, 3.63) is 35.4 Å². The van der Waals surface area contributed by atoms with Gasteiger partial charge >= 0.3 is 12.1 Å². The summed E-state index contributed by atoms with van der Waals surface area (Å²) in [5, 5.41) is 0. The van der Waals surface area contributed by atoms with Crippen LogP contribution in [0.5, 0.6) is 0 Å². The molecule has 182 valence electrons. The standard InChI is InChI=1S/C25H38F3NO3/c1-3-4-5-6-7-8-9-10-11-12-13-16-19-32-23(30)20-29(2)24(31)21-17-14-15-18-22(21)25(26,27)28/h14-15,17-18H,3-13,16,19-20H2,1-2H3. The number of likely N-dealkylation sites (N-methyl/N-ethyl adjacent to an activating group) is 1. The number of carbonyl (C=O) groups is 2. The minimum Gasteiger partial charge on any atom is -0.464 e. The molecule has 32 heavy (non-hydrogen) atoms. The first kappa shape index (κ1) is 28.0. The molecule has 1 aromatic rings. The van der Waals surface area contributed by atoms with Gasteiger partial charge in [0.05, 0.1) is 17.7 Å². The lowest BCUT2D eigenvalue weighted by atomic mass is 10.1. The number of amides is 1. The van der Waals surface area contributed by atoms with E-state index >= 15 is 0 Å². The molecule has 0 radical (unpaired) electrons. The molecule has 0 N–H and O–H groups in total. The third kappa shape index (κ3) is 11.5. The van der Waals surface area contributed by atoms with Crippen LogP contribution in [-0.4, -0.2) is 37.0 Å². The average Bonchev–Trinajstić information content (AvgIpc) is 2.75. The van der Waals surface area contributed by atoms with Crippen LogP contribution in [0.2, 0.25) is 0 Å². The predicted molar refractivity (Wildman–Crippen MR) is 120 cm³/mol. The first-order valence-corrected chi connectivity index (χ1v) is 11.8. The quantitative estimate of drug-likeness (QED) is 0.198. The normalized spacial score (nSPS) is 11.4. The number of unbranched alkanes of at least 4 members (excludes halogenated alkanes) is 11. The zero-order chi connectivity index (χ0) is 23.8. The van der Waals surface area contributed by atoms with Crippen molar-refractivity contribution in [2.45, 2.75) is 90.1 Å². The highest BCUT2D eigenvalue weighted by molar-refractivity contribution is 5.97. The van der Waals surface area contributed by atoms with E-state index in [-0.39, 0.29) is 13.2 Å². The average molecular weight is 458 g/mol. The molecule has 0 heterocycles. The van der Waals surface area contributed by atoms with Gasteiger partial charge in [0, 0.05) is 7.05 Å². The largest absolute Gasteiger partial charge is 0.464 e. The molecule has 1 amide bonds. The minimum atomic E-state index is -4.64. The van der Waals surface area contributed by atoms with Gasteiger partial charge in [-0.2, -0.15) is 13.2 Å². The third-order valence-electron chi connectivity index (χ3n) is 5.44. The van der Waals surface area contributed by atoms with Crippen LogP contribution >= 0.6 is 0 Å². The van der Waals surface area contributed by atoms with Crippen LogP contribution in [0.25, 0.3) is 0 Å². The zero-order valence-corrected chi connectivity index (χ0v) is 19.5. The van der Waals surface area contributed by atoms with Crippen molar-refractivity contribution in [2.24, 2.45) is 0 Å². The summed E-state index contributed by atoms with van der Waals surface area (Å²) in [4.78, 5) is 25.2. The fraction of sp³-hybridized carbons (Fsp3) is 0.680. The van der Waals surface area contributed by atoms with Crippen LogP contribution in [0.1, 0.15) is 99.9 Å². The van der Waals surface area contributed by atoms with Crippen LogP contribution in [0.4, 0.5) is 13.2 Å². The van der Waals surface area contributed by atoms with E-state index in [9.17, 15) is 22.8 Å². The lowest BCUT2D eigenvalue weighted by molar-refractivity contribution is -0.144. The Kier molecular flexibility index (Phi) is 13.7. The van der Waals surface area contributed by atoms with Crippen LogP contribution < -0.4 is 0 Å². The molecule has 0 spiro atoms. The van der Waals surface area contributed by atoms with Gasteiger partial charge in [-0.05, 0) is 18.6 Å². The molecule has 0 fully saturated rings. The minimum absolute atomic E-state index is 0.261. The number of hydrogen-bond acceptors (Lipinski definition) is 3. The fourth-order valence-corrected chi connectivity index (χ4v) is 3.56. The van der Waals surface area contributed by atoms with E-state index in [1.165, 1.54) is 77.0 Å². The maximum Gasteiger partial charge on any atom is 0.417 e. The zero-order valence-electron chi connectivity index (χ0n) is 19.5. The number of alkyl halides is 3. The van der Waals surface area contributed by atoms with Crippen molar-refractivity contribution in [1.82, 2.24) is 4.90 Å². The number of halogens is 3. The van der Waals surface area contributed by atoms with Crippen LogP contribution in [0.15, 0.2) is 24.3 Å². The molecule has 0 atom stereocenters. The second-order valence-corrected chi connectivity index (χ2v) is 8.31. The molecule has 0 aliphatic rings. The molecular formula is C25H38F3NO3. The monoisotopic (exact) mass is 457 g/mol. The van der Waals surface area contributed by atoms with Gasteiger partial charge in [-0.15, -0.1) is 0 Å². The second-order valence-electron chi connectivity index (χ2n) is 8.31. The van der Waals surface area contributed by atoms with Gasteiger partial charge in [-0.25, -0.2) is 0 Å². The molecule has 0 saturated heterocycles. The summed E-state index contributed by atoms with van der Waals surface area (Å²) in [6.45, 7) is 2.10. The predicted octanol–water partition coefficient (Wildman–Crippen LogP) is 7.02. The van der Waals surface area contributed by atoms with Crippen molar-refractivity contribution in [2.75, 3.05) is 20.2 Å². The highest BCUT2D eigenvalue weighted by atomic mass is 19.4. The van der Waals surface area contributed by atoms with E-state index in [0.29, 0.717) is 0 Å². The summed E-state index contributed by atoms with van der Waals surface area (Å²) < 4.78 is 44.4. The van der Waals surface area contributed by atoms with Crippen LogP contribution in [0.3, 0.4) is 0 Å². The van der Waals surface area contributed by atoms with Crippen LogP contribution in [-0.2, 0) is 15.7 Å². The Balaban J connectivity index is 2.16. The molecule has 1 rings (SSSR count). The van der Waals surface area contributed by atoms with E-state index in [1.54, 1.807) is 0 Å². The van der Waals surface area contributed by atoms with E-state index in [2.05, 4.69) is 6.92 Å². The highest BCUT2D eigenvalue weighted by Gasteiger charge is 2.35. The Morgan fingerprint density at radius 1 is 0.844 bits per heavy atom.